The van der Waals surface area contributed by atoms with Crippen molar-refractivity contribution in [1.29, 1.82) is 0 Å². The van der Waals surface area contributed by atoms with E-state index in [1.807, 2.05) is 18.2 Å². The molecule has 0 unspecified atom stereocenters. The number of hydrogen-bond donors (Lipinski definition) is 1. The van der Waals surface area contributed by atoms with Gasteiger partial charge in [0, 0.05) is 17.0 Å². The molecule has 0 aliphatic rings. The molecule has 3 heteroatoms. The fourth-order valence-electron chi connectivity index (χ4n) is 1.14. The number of aromatic nitrogens is 3. The van der Waals surface area contributed by atoms with Crippen LogP contribution >= 0.6 is 0 Å². The van der Waals surface area contributed by atoms with E-state index in [-0.39, 0.29) is 0 Å². The minimum atomic E-state index is 1.08. The first-order valence-electron chi connectivity index (χ1n) is 3.77. The number of aryl methyl sites for hydroxylation is 1. The lowest BCUT2D eigenvalue weighted by Gasteiger charge is -2.07. The van der Waals surface area contributed by atoms with Gasteiger partial charge in [-0.1, -0.05) is 42.0 Å². The van der Waals surface area contributed by atoms with E-state index >= 15 is 0 Å². The third-order valence-electron chi connectivity index (χ3n) is 1.77. The Bertz CT molecular complexity index is 365. The maximum Gasteiger partial charge on any atom is 0.119 e. The van der Waals surface area contributed by atoms with Crippen LogP contribution in [0.5, 0.6) is 0 Å². The van der Waals surface area contributed by atoms with Gasteiger partial charge in [0.15, 0.2) is 0 Å². The summed E-state index contributed by atoms with van der Waals surface area (Å²) in [6.07, 6.45) is 4.55. The first-order chi connectivity index (χ1) is 5.88. The predicted molar refractivity (Wildman–Crippen MR) is 43.7 cm³/mol. The van der Waals surface area contributed by atoms with E-state index in [1.165, 1.54) is 5.56 Å². The average Bonchev–Trinajstić information content (AvgIpc) is 2.57. The highest BCUT2D eigenvalue weighted by molar-refractivity contribution is 5.31. The van der Waals surface area contributed by atoms with Crippen molar-refractivity contribution in [1.82, 2.24) is 10.3 Å². The third kappa shape index (κ3) is 1.09. The van der Waals surface area contributed by atoms with Crippen molar-refractivity contribution in [3.05, 3.63) is 42.2 Å². The molecule has 0 spiro atoms. The maximum atomic E-state index is 3.82. The van der Waals surface area contributed by atoms with Gasteiger partial charge >= 0.3 is 0 Å². The highest BCUT2D eigenvalue weighted by Gasteiger charge is 1.93. The molecule has 60 valence electrons. The van der Waals surface area contributed by atoms with Gasteiger partial charge in [-0.25, -0.2) is 0 Å². The second-order valence-electron chi connectivity index (χ2n) is 2.61. The van der Waals surface area contributed by atoms with E-state index in [2.05, 4.69) is 29.5 Å². The van der Waals surface area contributed by atoms with Gasteiger partial charge in [-0.3, -0.25) is 4.68 Å². The van der Waals surface area contributed by atoms with Gasteiger partial charge in [-0.15, -0.1) is 0 Å². The molecular formula is C9H9N3. The molecule has 12 heavy (non-hydrogen) atoms. The third-order valence-corrected chi connectivity index (χ3v) is 1.77. The van der Waals surface area contributed by atoms with Gasteiger partial charge in [0.2, 0.25) is 0 Å². The molecule has 0 saturated carbocycles. The van der Waals surface area contributed by atoms with E-state index in [9.17, 15) is 0 Å². The van der Waals surface area contributed by atoms with Gasteiger partial charge in [0.1, 0.15) is 6.20 Å². The summed E-state index contributed by atoms with van der Waals surface area (Å²) < 4.78 is 1.76. The number of benzene rings is 1. The van der Waals surface area contributed by atoms with E-state index in [1.54, 1.807) is 10.9 Å². The van der Waals surface area contributed by atoms with Gasteiger partial charge in [0.05, 0.1) is 0 Å². The van der Waals surface area contributed by atoms with Crippen molar-refractivity contribution in [3.63, 3.8) is 0 Å². The highest BCUT2D eigenvalue weighted by atomic mass is 15.4. The van der Waals surface area contributed by atoms with E-state index in [4.69, 9.17) is 0 Å². The van der Waals surface area contributed by atoms with Crippen LogP contribution < -0.4 is 4.68 Å². The summed E-state index contributed by atoms with van der Waals surface area (Å²) in [6.45, 7) is 2.05. The van der Waals surface area contributed by atoms with Crippen LogP contribution in [0.3, 0.4) is 0 Å². The molecule has 0 atom stereocenters. The topological polar surface area (TPSA) is 32.6 Å². The fourth-order valence-corrected chi connectivity index (χ4v) is 1.14. The quantitative estimate of drug-likeness (QED) is 0.484. The lowest BCUT2D eigenvalue weighted by Crippen LogP contribution is -2.33. The fraction of sp³-hybridized carbons (Fsp3) is 0.111. The molecule has 0 fully saturated rings. The van der Waals surface area contributed by atoms with Crippen LogP contribution in [0.25, 0.3) is 5.69 Å². The Morgan fingerprint density at radius 3 is 2.92 bits per heavy atom. The molecule has 0 saturated heterocycles. The smallest absolute Gasteiger partial charge is 0.119 e. The zero-order chi connectivity index (χ0) is 8.39. The number of hydrogen-bond acceptors (Lipinski definition) is 1. The van der Waals surface area contributed by atoms with Gasteiger partial charge in [0.25, 0.3) is 0 Å². The summed E-state index contributed by atoms with van der Waals surface area (Å²) in [4.78, 5) is 0. The zero-order valence-corrected chi connectivity index (χ0v) is 6.78. The molecule has 3 nitrogen and oxygen atoms in total. The van der Waals surface area contributed by atoms with Gasteiger partial charge < -0.3 is 0 Å². The molecule has 1 heterocycles. The minimum absolute atomic E-state index is 1.08. The molecule has 0 radical (unpaired) electrons. The Morgan fingerprint density at radius 2 is 2.25 bits per heavy atom. The Morgan fingerprint density at radius 1 is 1.42 bits per heavy atom. The summed E-state index contributed by atoms with van der Waals surface area (Å²) in [5.41, 5.74) is 2.28. The van der Waals surface area contributed by atoms with Crippen LogP contribution in [-0.2, 0) is 0 Å². The first-order valence-corrected chi connectivity index (χ1v) is 3.77. The molecule has 0 bridgehead atoms. The van der Waals surface area contributed by atoms with Gasteiger partial charge in [-0.05, 0) is 0 Å². The zero-order valence-electron chi connectivity index (χ0n) is 6.78. The number of H-pyrrole nitrogens is 1. The molecular weight excluding hydrogens is 150 g/mol. The van der Waals surface area contributed by atoms with Crippen molar-refractivity contribution in [3.8, 4) is 5.69 Å². The van der Waals surface area contributed by atoms with Crippen LogP contribution in [0, 0.1) is 13.1 Å². The van der Waals surface area contributed by atoms with Crippen molar-refractivity contribution in [2.45, 2.75) is 6.92 Å². The van der Waals surface area contributed by atoms with Crippen LogP contribution in [-0.4, -0.2) is 10.3 Å². The summed E-state index contributed by atoms with van der Waals surface area (Å²) in [5.74, 6) is 0. The average molecular weight is 159 g/mol. The van der Waals surface area contributed by atoms with Crippen LogP contribution in [0.15, 0.2) is 30.5 Å². The number of para-hydroxylation sites is 1. The molecule has 2 rings (SSSR count). The minimum Gasteiger partial charge on any atom is -0.289 e. The summed E-state index contributed by atoms with van der Waals surface area (Å²) in [6, 6.07) is 8.07. The summed E-state index contributed by atoms with van der Waals surface area (Å²) in [7, 11) is 0. The second-order valence-corrected chi connectivity index (χ2v) is 2.61. The van der Waals surface area contributed by atoms with Crippen LogP contribution in [0.4, 0.5) is 0 Å². The maximum absolute atomic E-state index is 3.82. The number of aromatic amines is 1. The van der Waals surface area contributed by atoms with E-state index in [0.29, 0.717) is 0 Å². The monoisotopic (exact) mass is 159 g/mol. The van der Waals surface area contributed by atoms with Crippen molar-refractivity contribution >= 4 is 0 Å². The van der Waals surface area contributed by atoms with Gasteiger partial charge in [-0.2, -0.15) is 0 Å². The molecule has 2 aromatic rings. The molecule has 0 amide bonds. The number of nitrogens with zero attached hydrogens (tertiary/aromatic N) is 2. The lowest BCUT2D eigenvalue weighted by atomic mass is 10.2. The summed E-state index contributed by atoms with van der Waals surface area (Å²) >= 11 is 0. The molecule has 0 aliphatic heterocycles. The molecule has 1 N–H and O–H groups in total. The Labute approximate surface area is 70.6 Å². The number of rotatable bonds is 1. The SMILES string of the molecule is Cc1ccccc1-[n+]1[c-]cn[nH]1. The Kier molecular flexibility index (Phi) is 1.63. The first kappa shape index (κ1) is 7.03. The van der Waals surface area contributed by atoms with Crippen molar-refractivity contribution in [2.75, 3.05) is 0 Å². The standard InChI is InChI=1S/C9H9N3/c1-8-4-2-3-5-9(8)12-7-6-10-11-12/h2-6,11H,1H3. The molecule has 1 aromatic heterocycles. The second kappa shape index (κ2) is 2.77. The van der Waals surface area contributed by atoms with E-state index < -0.39 is 0 Å². The lowest BCUT2D eigenvalue weighted by molar-refractivity contribution is -0.663. The van der Waals surface area contributed by atoms with E-state index in [0.717, 1.165) is 5.69 Å². The summed E-state index contributed by atoms with van der Waals surface area (Å²) in [5, 5.41) is 6.63. The van der Waals surface area contributed by atoms with Crippen molar-refractivity contribution < 1.29 is 4.68 Å². The molecule has 1 aromatic carbocycles. The Hall–Kier alpha value is -1.64. The predicted octanol–water partition coefficient (Wildman–Crippen LogP) is 0.795. The largest absolute Gasteiger partial charge is 0.289 e. The van der Waals surface area contributed by atoms with Crippen LogP contribution in [0.2, 0.25) is 0 Å². The van der Waals surface area contributed by atoms with Crippen molar-refractivity contribution in [2.24, 2.45) is 0 Å². The molecule has 0 aliphatic carbocycles. The normalized spacial score (nSPS) is 10.1. The Balaban J connectivity index is 2.55. The van der Waals surface area contributed by atoms with Crippen LogP contribution in [0.1, 0.15) is 5.56 Å². The number of nitrogens with one attached hydrogen (secondary N) is 1. The highest BCUT2D eigenvalue weighted by Crippen LogP contribution is 2.04.